The number of hydrogen-bond donors (Lipinski definition) is 4. The average Bonchev–Trinajstić information content (AvgIpc) is 3.68. The number of piperidine rings is 1. The van der Waals surface area contributed by atoms with Gasteiger partial charge in [-0.2, -0.15) is 5.10 Å². The SMILES string of the molecule is CCc1cc(Nc2nccn3c(-c4ccc(-c5c(C)n[nH]c5CCOC)c(F)c4F)cnc23)ccc1C(=O)NCC1CCNCC1. The van der Waals surface area contributed by atoms with E-state index in [0.29, 0.717) is 71.6 Å². The van der Waals surface area contributed by atoms with Gasteiger partial charge in [0.1, 0.15) is 0 Å². The summed E-state index contributed by atoms with van der Waals surface area (Å²) in [5.74, 6) is -1.09. The third-order valence-corrected chi connectivity index (χ3v) is 8.64. The van der Waals surface area contributed by atoms with Crippen LogP contribution < -0.4 is 16.0 Å². The number of hydrogen-bond acceptors (Lipinski definition) is 7. The first-order valence-corrected chi connectivity index (χ1v) is 15.6. The number of carbonyl (C=O) groups is 1. The minimum Gasteiger partial charge on any atom is -0.384 e. The van der Waals surface area contributed by atoms with Gasteiger partial charge in [-0.05, 0) is 75.0 Å². The quantitative estimate of drug-likeness (QED) is 0.150. The molecule has 0 bridgehead atoms. The second-order valence-corrected chi connectivity index (χ2v) is 11.6. The molecule has 10 nitrogen and oxygen atoms in total. The van der Waals surface area contributed by atoms with E-state index < -0.39 is 11.6 Å². The predicted octanol–water partition coefficient (Wildman–Crippen LogP) is 5.60. The first kappa shape index (κ1) is 31.3. The zero-order valence-electron chi connectivity index (χ0n) is 26.2. The van der Waals surface area contributed by atoms with Crippen LogP contribution >= 0.6 is 0 Å². The molecule has 4 heterocycles. The van der Waals surface area contributed by atoms with Gasteiger partial charge in [-0.3, -0.25) is 14.3 Å². The number of benzene rings is 2. The summed E-state index contributed by atoms with van der Waals surface area (Å²) in [6, 6.07) is 8.71. The van der Waals surface area contributed by atoms with E-state index >= 15 is 8.78 Å². The van der Waals surface area contributed by atoms with Crippen molar-refractivity contribution in [3.05, 3.63) is 83.1 Å². The van der Waals surface area contributed by atoms with Crippen LogP contribution in [0.1, 0.15) is 47.1 Å². The predicted molar refractivity (Wildman–Crippen MR) is 173 cm³/mol. The van der Waals surface area contributed by atoms with Crippen LogP contribution in [-0.2, 0) is 17.6 Å². The maximum atomic E-state index is 15.7. The summed E-state index contributed by atoms with van der Waals surface area (Å²) in [5, 5.41) is 16.9. The first-order chi connectivity index (χ1) is 22.4. The smallest absolute Gasteiger partial charge is 0.251 e. The van der Waals surface area contributed by atoms with Crippen LogP contribution in [0.5, 0.6) is 0 Å². The summed E-state index contributed by atoms with van der Waals surface area (Å²) in [4.78, 5) is 22.0. The molecule has 1 aliphatic rings. The summed E-state index contributed by atoms with van der Waals surface area (Å²) in [6.45, 7) is 6.82. The number of aryl methyl sites for hydroxylation is 2. The second-order valence-electron chi connectivity index (χ2n) is 11.6. The highest BCUT2D eigenvalue weighted by molar-refractivity contribution is 5.96. The number of imidazole rings is 1. The van der Waals surface area contributed by atoms with Crippen molar-refractivity contribution in [2.75, 3.05) is 38.7 Å². The number of amides is 1. The van der Waals surface area contributed by atoms with Crippen LogP contribution in [0.2, 0.25) is 0 Å². The Morgan fingerprint density at radius 1 is 1.11 bits per heavy atom. The van der Waals surface area contributed by atoms with E-state index in [4.69, 9.17) is 4.74 Å². The molecule has 0 saturated carbocycles. The Bertz CT molecular complexity index is 1860. The number of nitrogens with one attached hydrogen (secondary N) is 4. The zero-order valence-corrected chi connectivity index (χ0v) is 26.2. The van der Waals surface area contributed by atoms with Crippen LogP contribution in [0.25, 0.3) is 28.0 Å². The molecule has 1 fully saturated rings. The van der Waals surface area contributed by atoms with Crippen molar-refractivity contribution < 1.29 is 18.3 Å². The highest BCUT2D eigenvalue weighted by atomic mass is 19.2. The Hall–Kier alpha value is -4.68. The van der Waals surface area contributed by atoms with Crippen molar-refractivity contribution in [3.63, 3.8) is 0 Å². The van der Waals surface area contributed by atoms with E-state index in [1.54, 1.807) is 43.0 Å². The Kier molecular flexibility index (Phi) is 9.36. The molecule has 0 spiro atoms. The monoisotopic (exact) mass is 628 g/mol. The number of rotatable bonds is 11. The fraction of sp³-hybridized carbons (Fsp3) is 0.353. The number of aromatic amines is 1. The number of aromatic nitrogens is 5. The van der Waals surface area contributed by atoms with Crippen molar-refractivity contribution in [1.29, 1.82) is 0 Å². The molecule has 0 radical (unpaired) electrons. The van der Waals surface area contributed by atoms with Crippen LogP contribution in [0.15, 0.2) is 48.9 Å². The number of nitrogens with zero attached hydrogens (tertiary/aromatic N) is 4. The van der Waals surface area contributed by atoms with Crippen molar-refractivity contribution in [1.82, 2.24) is 35.2 Å². The van der Waals surface area contributed by atoms with Crippen LogP contribution in [-0.4, -0.2) is 63.8 Å². The Morgan fingerprint density at radius 2 is 1.89 bits per heavy atom. The molecule has 12 heteroatoms. The lowest BCUT2D eigenvalue weighted by atomic mass is 9.97. The lowest BCUT2D eigenvalue weighted by Crippen LogP contribution is -2.36. The van der Waals surface area contributed by atoms with E-state index in [9.17, 15) is 4.79 Å². The number of halogens is 2. The van der Waals surface area contributed by atoms with Crippen LogP contribution in [0, 0.1) is 24.5 Å². The molecule has 0 unspecified atom stereocenters. The maximum Gasteiger partial charge on any atom is 0.251 e. The van der Waals surface area contributed by atoms with Crippen molar-refractivity contribution in [3.8, 4) is 22.4 Å². The molecule has 46 heavy (non-hydrogen) atoms. The molecule has 5 aromatic rings. The van der Waals surface area contributed by atoms with Gasteiger partial charge in [-0.25, -0.2) is 18.7 Å². The number of anilines is 2. The van der Waals surface area contributed by atoms with E-state index in [1.807, 2.05) is 25.1 Å². The van der Waals surface area contributed by atoms with Gasteiger partial charge in [0.2, 0.25) is 0 Å². The van der Waals surface area contributed by atoms with Gasteiger partial charge >= 0.3 is 0 Å². The van der Waals surface area contributed by atoms with Gasteiger partial charge in [0.05, 0.1) is 24.2 Å². The molecule has 0 aliphatic carbocycles. The third kappa shape index (κ3) is 6.22. The molecular formula is C34H38F2N8O2. The molecule has 3 aromatic heterocycles. The van der Waals surface area contributed by atoms with Gasteiger partial charge in [0, 0.05) is 66.1 Å². The minimum absolute atomic E-state index is 0.0682. The second kappa shape index (κ2) is 13.8. The van der Waals surface area contributed by atoms with Crippen LogP contribution in [0.4, 0.5) is 20.3 Å². The Morgan fingerprint density at radius 3 is 2.67 bits per heavy atom. The molecule has 2 aromatic carbocycles. The normalized spacial score (nSPS) is 13.8. The fourth-order valence-electron chi connectivity index (χ4n) is 6.11. The van der Waals surface area contributed by atoms with Crippen molar-refractivity contribution in [2.45, 2.75) is 39.5 Å². The van der Waals surface area contributed by atoms with E-state index in [0.717, 1.165) is 37.2 Å². The number of ether oxygens (including phenoxy) is 1. The average molecular weight is 629 g/mol. The number of H-pyrrole nitrogens is 1. The molecule has 0 atom stereocenters. The van der Waals surface area contributed by atoms with Gasteiger partial charge in [-0.15, -0.1) is 0 Å². The first-order valence-electron chi connectivity index (χ1n) is 15.6. The number of carbonyl (C=O) groups excluding carboxylic acids is 1. The summed E-state index contributed by atoms with van der Waals surface area (Å²) < 4.78 is 38.2. The Balaban J connectivity index is 1.25. The molecule has 1 aliphatic heterocycles. The van der Waals surface area contributed by atoms with Crippen molar-refractivity contribution in [2.24, 2.45) is 5.92 Å². The number of fused-ring (bicyclic) bond motifs is 1. The highest BCUT2D eigenvalue weighted by Gasteiger charge is 2.23. The molecular weight excluding hydrogens is 590 g/mol. The third-order valence-electron chi connectivity index (χ3n) is 8.64. The van der Waals surface area contributed by atoms with E-state index in [-0.39, 0.29) is 17.0 Å². The van der Waals surface area contributed by atoms with Gasteiger partial charge in [0.25, 0.3) is 5.91 Å². The standard InChI is InChI=1S/C34H38F2N8O2/c1-4-22-17-23(5-6-24(22)34(45)40-18-21-9-12-37-13-10-21)41-32-33-39-19-28(44(33)15-14-38-32)25-7-8-26(31(36)30(25)35)29-20(2)42-43-27(29)11-16-46-3/h5-8,14-15,17,19,21,37H,4,9-13,16,18H2,1-3H3,(H,38,41)(H,40,45)(H,42,43). The summed E-state index contributed by atoms with van der Waals surface area (Å²) in [5.41, 5.74) is 5.09. The van der Waals surface area contributed by atoms with Gasteiger partial charge in [-0.1, -0.05) is 13.0 Å². The van der Waals surface area contributed by atoms with Gasteiger partial charge < -0.3 is 20.7 Å². The van der Waals surface area contributed by atoms with E-state index in [1.165, 1.54) is 6.20 Å². The largest absolute Gasteiger partial charge is 0.384 e. The molecule has 1 saturated heterocycles. The van der Waals surface area contributed by atoms with E-state index in [2.05, 4.69) is 36.1 Å². The molecule has 1 amide bonds. The Labute approximate surface area is 266 Å². The number of methoxy groups -OCH3 is 1. The molecule has 4 N–H and O–H groups in total. The summed E-state index contributed by atoms with van der Waals surface area (Å²) >= 11 is 0. The fourth-order valence-corrected chi connectivity index (χ4v) is 6.11. The molecule has 240 valence electrons. The minimum atomic E-state index is -0.981. The summed E-state index contributed by atoms with van der Waals surface area (Å²) in [7, 11) is 1.58. The zero-order chi connectivity index (χ0) is 32.2. The van der Waals surface area contributed by atoms with Gasteiger partial charge in [0.15, 0.2) is 23.1 Å². The van der Waals surface area contributed by atoms with Crippen molar-refractivity contribution >= 4 is 23.1 Å². The van der Waals surface area contributed by atoms with Crippen LogP contribution in [0.3, 0.4) is 0 Å². The highest BCUT2D eigenvalue weighted by Crippen LogP contribution is 2.35. The lowest BCUT2D eigenvalue weighted by molar-refractivity contribution is 0.0943. The molecule has 6 rings (SSSR count). The lowest BCUT2D eigenvalue weighted by Gasteiger charge is -2.23. The topological polar surface area (TPSA) is 121 Å². The maximum absolute atomic E-state index is 15.7. The summed E-state index contributed by atoms with van der Waals surface area (Å²) in [6.07, 6.45) is 8.01.